The molecule has 1 atom stereocenters. The van der Waals surface area contributed by atoms with Crippen LogP contribution in [0, 0.1) is 0 Å². The molecule has 1 amide bonds. The summed E-state index contributed by atoms with van der Waals surface area (Å²) in [6, 6.07) is 12.3. The van der Waals surface area contributed by atoms with E-state index in [9.17, 15) is 4.79 Å². The van der Waals surface area contributed by atoms with E-state index >= 15 is 0 Å². The normalized spacial score (nSPS) is 19.5. The summed E-state index contributed by atoms with van der Waals surface area (Å²) in [5.74, 6) is 1.10. The van der Waals surface area contributed by atoms with Crippen molar-refractivity contribution < 1.29 is 14.3 Å². The second-order valence-electron chi connectivity index (χ2n) is 7.92. The third-order valence-electron chi connectivity index (χ3n) is 5.86. The van der Waals surface area contributed by atoms with Crippen molar-refractivity contribution in [3.05, 3.63) is 46.7 Å². The van der Waals surface area contributed by atoms with E-state index in [2.05, 4.69) is 33.4 Å². The van der Waals surface area contributed by atoms with Crippen molar-refractivity contribution in [3.63, 3.8) is 0 Å². The molecule has 2 saturated heterocycles. The molecule has 30 heavy (non-hydrogen) atoms. The highest BCUT2D eigenvalue weighted by Gasteiger charge is 2.26. The Morgan fingerprint density at radius 3 is 2.73 bits per heavy atom. The summed E-state index contributed by atoms with van der Waals surface area (Å²) in [5.41, 5.74) is 1.10. The number of para-hydroxylation sites is 2. The number of methoxy groups -OCH3 is 1. The molecule has 162 valence electrons. The maximum absolute atomic E-state index is 13.1. The maximum Gasteiger partial charge on any atom is 0.236 e. The van der Waals surface area contributed by atoms with Gasteiger partial charge in [-0.25, -0.2) is 0 Å². The van der Waals surface area contributed by atoms with Crippen LogP contribution in [0.5, 0.6) is 5.75 Å². The Morgan fingerprint density at radius 1 is 1.20 bits per heavy atom. The van der Waals surface area contributed by atoms with Gasteiger partial charge in [-0.15, -0.1) is 11.3 Å². The van der Waals surface area contributed by atoms with E-state index in [1.165, 1.54) is 4.88 Å². The Hall–Kier alpha value is -2.09. The van der Waals surface area contributed by atoms with E-state index in [4.69, 9.17) is 9.47 Å². The number of amides is 1. The molecule has 0 spiro atoms. The van der Waals surface area contributed by atoms with Crippen molar-refractivity contribution in [3.8, 4) is 5.75 Å². The number of thiophene rings is 1. The molecule has 1 aromatic carbocycles. The molecule has 0 aliphatic carbocycles. The van der Waals surface area contributed by atoms with Crippen LogP contribution in [0.3, 0.4) is 0 Å². The SMILES string of the molecule is COc1ccccc1N1CCN(C(=O)CN(Cc2cccs2)C[C@H]2CCCO2)CC1. The predicted octanol–water partition coefficient (Wildman–Crippen LogP) is 3.09. The van der Waals surface area contributed by atoms with Gasteiger partial charge in [0, 0.05) is 50.8 Å². The fourth-order valence-electron chi connectivity index (χ4n) is 4.26. The summed E-state index contributed by atoms with van der Waals surface area (Å²) in [6.07, 6.45) is 2.46. The number of hydrogen-bond donors (Lipinski definition) is 0. The van der Waals surface area contributed by atoms with E-state index in [0.717, 1.165) is 70.2 Å². The monoisotopic (exact) mass is 429 g/mol. The van der Waals surface area contributed by atoms with Crippen molar-refractivity contribution in [2.75, 3.05) is 57.9 Å². The molecule has 0 radical (unpaired) electrons. The predicted molar refractivity (Wildman–Crippen MR) is 120 cm³/mol. The lowest BCUT2D eigenvalue weighted by atomic mass is 10.2. The van der Waals surface area contributed by atoms with Gasteiger partial charge in [0.2, 0.25) is 5.91 Å². The summed E-state index contributed by atoms with van der Waals surface area (Å²) in [4.78, 5) is 20.9. The van der Waals surface area contributed by atoms with E-state index < -0.39 is 0 Å². The smallest absolute Gasteiger partial charge is 0.236 e. The van der Waals surface area contributed by atoms with Crippen LogP contribution in [-0.2, 0) is 16.1 Å². The van der Waals surface area contributed by atoms with Crippen molar-refractivity contribution in [1.29, 1.82) is 0 Å². The summed E-state index contributed by atoms with van der Waals surface area (Å²) >= 11 is 1.75. The zero-order valence-electron chi connectivity index (χ0n) is 17.7. The first-order valence-electron chi connectivity index (χ1n) is 10.7. The van der Waals surface area contributed by atoms with Gasteiger partial charge in [0.05, 0.1) is 25.4 Å². The van der Waals surface area contributed by atoms with Gasteiger partial charge in [-0.3, -0.25) is 9.69 Å². The van der Waals surface area contributed by atoms with Crippen LogP contribution in [0.25, 0.3) is 0 Å². The molecule has 7 heteroatoms. The minimum absolute atomic E-state index is 0.212. The van der Waals surface area contributed by atoms with Gasteiger partial charge < -0.3 is 19.3 Å². The number of hydrogen-bond acceptors (Lipinski definition) is 6. The quantitative estimate of drug-likeness (QED) is 0.645. The third-order valence-corrected chi connectivity index (χ3v) is 6.72. The number of nitrogens with zero attached hydrogens (tertiary/aromatic N) is 3. The van der Waals surface area contributed by atoms with Gasteiger partial charge in [0.1, 0.15) is 5.75 Å². The molecular formula is C23H31N3O3S. The number of benzene rings is 1. The molecule has 2 fully saturated rings. The maximum atomic E-state index is 13.1. The molecule has 4 rings (SSSR count). The van der Waals surface area contributed by atoms with E-state index in [0.29, 0.717) is 6.54 Å². The number of anilines is 1. The largest absolute Gasteiger partial charge is 0.495 e. The summed E-state index contributed by atoms with van der Waals surface area (Å²) in [7, 11) is 1.70. The fourth-order valence-corrected chi connectivity index (χ4v) is 5.01. The molecular weight excluding hydrogens is 398 g/mol. The number of ether oxygens (including phenoxy) is 2. The van der Waals surface area contributed by atoms with Crippen molar-refractivity contribution in [1.82, 2.24) is 9.80 Å². The van der Waals surface area contributed by atoms with Crippen molar-refractivity contribution in [2.45, 2.75) is 25.5 Å². The lowest BCUT2D eigenvalue weighted by molar-refractivity contribution is -0.133. The van der Waals surface area contributed by atoms with Crippen LogP contribution >= 0.6 is 11.3 Å². The second kappa shape index (κ2) is 10.3. The van der Waals surface area contributed by atoms with Crippen molar-refractivity contribution >= 4 is 22.9 Å². The summed E-state index contributed by atoms with van der Waals surface area (Å²) in [6.45, 7) is 6.05. The van der Waals surface area contributed by atoms with Crippen molar-refractivity contribution in [2.24, 2.45) is 0 Å². The highest BCUT2D eigenvalue weighted by Crippen LogP contribution is 2.28. The first-order valence-corrected chi connectivity index (χ1v) is 11.6. The minimum atomic E-state index is 0.212. The Bertz CT molecular complexity index is 800. The minimum Gasteiger partial charge on any atom is -0.495 e. The van der Waals surface area contributed by atoms with Gasteiger partial charge in [-0.1, -0.05) is 18.2 Å². The van der Waals surface area contributed by atoms with Gasteiger partial charge in [0.15, 0.2) is 0 Å². The Morgan fingerprint density at radius 2 is 2.03 bits per heavy atom. The third kappa shape index (κ3) is 5.33. The van der Waals surface area contributed by atoms with Gasteiger partial charge in [-0.05, 0) is 36.4 Å². The lowest BCUT2D eigenvalue weighted by Gasteiger charge is -2.37. The van der Waals surface area contributed by atoms with Gasteiger partial charge >= 0.3 is 0 Å². The first-order chi connectivity index (χ1) is 14.7. The molecule has 2 aliphatic rings. The molecule has 0 saturated carbocycles. The molecule has 2 aliphatic heterocycles. The fraction of sp³-hybridized carbons (Fsp3) is 0.522. The second-order valence-corrected chi connectivity index (χ2v) is 8.96. The topological polar surface area (TPSA) is 45.2 Å². The van der Waals surface area contributed by atoms with Crippen LogP contribution in [0.4, 0.5) is 5.69 Å². The highest BCUT2D eigenvalue weighted by atomic mass is 32.1. The van der Waals surface area contributed by atoms with Crippen LogP contribution in [0.2, 0.25) is 0 Å². The first kappa shape index (κ1) is 21.2. The molecule has 2 aromatic rings. The number of carbonyl (C=O) groups is 1. The molecule has 0 bridgehead atoms. The zero-order chi connectivity index (χ0) is 20.8. The molecule has 0 N–H and O–H groups in total. The highest BCUT2D eigenvalue weighted by molar-refractivity contribution is 7.09. The summed E-state index contributed by atoms with van der Waals surface area (Å²) in [5, 5.41) is 2.10. The standard InChI is InChI=1S/C23H31N3O3S/c1-28-22-9-3-2-8-21(22)25-10-12-26(13-11-25)23(27)18-24(16-19-6-4-14-29-19)17-20-7-5-15-30-20/h2-3,5,7-9,15,19H,4,6,10-14,16-18H2,1H3/t19-/m1/s1. The molecule has 6 nitrogen and oxygen atoms in total. The lowest BCUT2D eigenvalue weighted by Crippen LogP contribution is -2.51. The van der Waals surface area contributed by atoms with Crippen LogP contribution in [0.15, 0.2) is 41.8 Å². The Kier molecular flexibility index (Phi) is 7.25. The average molecular weight is 430 g/mol. The van der Waals surface area contributed by atoms with E-state index in [-0.39, 0.29) is 12.0 Å². The Labute approximate surface area is 183 Å². The van der Waals surface area contributed by atoms with Gasteiger partial charge in [-0.2, -0.15) is 0 Å². The average Bonchev–Trinajstić information content (AvgIpc) is 3.48. The number of carbonyl (C=O) groups excluding carboxylic acids is 1. The molecule has 1 aromatic heterocycles. The number of rotatable bonds is 8. The van der Waals surface area contributed by atoms with E-state index in [1.807, 2.05) is 23.1 Å². The molecule has 0 unspecified atom stereocenters. The van der Waals surface area contributed by atoms with E-state index in [1.54, 1.807) is 18.4 Å². The zero-order valence-corrected chi connectivity index (χ0v) is 18.5. The van der Waals surface area contributed by atoms with Crippen LogP contribution < -0.4 is 9.64 Å². The van der Waals surface area contributed by atoms with Crippen LogP contribution in [-0.4, -0.2) is 74.8 Å². The molecule has 3 heterocycles. The number of piperazine rings is 1. The van der Waals surface area contributed by atoms with Crippen LogP contribution in [0.1, 0.15) is 17.7 Å². The summed E-state index contributed by atoms with van der Waals surface area (Å²) < 4.78 is 11.3. The van der Waals surface area contributed by atoms with Gasteiger partial charge in [0.25, 0.3) is 0 Å². The Balaban J connectivity index is 1.33.